The molecule has 1 aromatic heterocycles. The minimum atomic E-state index is -0.519. The van der Waals surface area contributed by atoms with Crippen LogP contribution in [-0.2, 0) is 20.9 Å². The van der Waals surface area contributed by atoms with Crippen LogP contribution in [0, 0.1) is 56.2 Å². The summed E-state index contributed by atoms with van der Waals surface area (Å²) in [6, 6.07) is 3.67. The van der Waals surface area contributed by atoms with Gasteiger partial charge in [-0.15, -0.1) is 0 Å². The SMILES string of the molecule is CC1(C)CC[C@]2(C(=O)O)CC[C@]3(C)[C@H](CC[C@@H]4[C@@]5(C)CC[C@@H]6OC(c7ccc(CO)o7)OC[C@@]6(C)[C@@H]5CC[C@]43C)[C@@H]2C1. The zero-order valence-electron chi connectivity index (χ0n) is 26.8. The van der Waals surface area contributed by atoms with Crippen LogP contribution in [0.3, 0.4) is 0 Å². The second-order valence-corrected chi connectivity index (χ2v) is 17.4. The van der Waals surface area contributed by atoms with E-state index in [0.717, 1.165) is 38.5 Å². The quantitative estimate of drug-likeness (QED) is 0.374. The molecule has 0 bridgehead atoms. The molecule has 234 valence electrons. The fourth-order valence-corrected chi connectivity index (χ4v) is 12.8. The summed E-state index contributed by atoms with van der Waals surface area (Å²) in [7, 11) is 0. The lowest BCUT2D eigenvalue weighted by Gasteiger charge is -2.74. The third-order valence-electron chi connectivity index (χ3n) is 15.3. The molecule has 6 heteroatoms. The van der Waals surface area contributed by atoms with Gasteiger partial charge in [0, 0.05) is 5.41 Å². The third kappa shape index (κ3) is 3.76. The van der Waals surface area contributed by atoms with E-state index in [2.05, 4.69) is 41.5 Å². The topological polar surface area (TPSA) is 89.1 Å². The molecule has 0 spiro atoms. The minimum absolute atomic E-state index is 0.0482. The molecule has 2 heterocycles. The van der Waals surface area contributed by atoms with Gasteiger partial charge in [-0.3, -0.25) is 4.79 Å². The highest BCUT2D eigenvalue weighted by atomic mass is 16.7. The summed E-state index contributed by atoms with van der Waals surface area (Å²) in [6.45, 7) is 15.5. The highest BCUT2D eigenvalue weighted by molar-refractivity contribution is 5.75. The number of fused-ring (bicyclic) bond motifs is 9. The fraction of sp³-hybridized carbons (Fsp3) is 0.861. The summed E-state index contributed by atoms with van der Waals surface area (Å²) in [6.07, 6.45) is 11.5. The molecule has 0 aromatic carbocycles. The van der Waals surface area contributed by atoms with Gasteiger partial charge in [-0.05, 0) is 128 Å². The first kappa shape index (κ1) is 29.3. The van der Waals surface area contributed by atoms with E-state index >= 15 is 0 Å². The van der Waals surface area contributed by atoms with Gasteiger partial charge >= 0.3 is 5.97 Å². The van der Waals surface area contributed by atoms with Crippen LogP contribution in [0.4, 0.5) is 0 Å². The van der Waals surface area contributed by atoms with Crippen LogP contribution in [0.5, 0.6) is 0 Å². The first-order valence-corrected chi connectivity index (χ1v) is 16.9. The van der Waals surface area contributed by atoms with Gasteiger partial charge in [0.25, 0.3) is 0 Å². The van der Waals surface area contributed by atoms with E-state index in [0.29, 0.717) is 41.8 Å². The number of aliphatic hydroxyl groups excluding tert-OH is 1. The largest absolute Gasteiger partial charge is 0.481 e. The van der Waals surface area contributed by atoms with Gasteiger partial charge in [-0.2, -0.15) is 0 Å². The van der Waals surface area contributed by atoms with Crippen LogP contribution >= 0.6 is 0 Å². The summed E-state index contributed by atoms with van der Waals surface area (Å²) in [5.74, 6) is 2.62. The van der Waals surface area contributed by atoms with Crippen molar-refractivity contribution in [3.63, 3.8) is 0 Å². The molecular weight excluding hydrogens is 528 g/mol. The summed E-state index contributed by atoms with van der Waals surface area (Å²) in [4.78, 5) is 13.0. The van der Waals surface area contributed by atoms with E-state index in [1.54, 1.807) is 6.07 Å². The average molecular weight is 583 g/mol. The van der Waals surface area contributed by atoms with Crippen LogP contribution in [-0.4, -0.2) is 28.9 Å². The molecule has 6 aliphatic rings. The maximum atomic E-state index is 13.0. The molecular formula is C36H54O6. The lowest BCUT2D eigenvalue weighted by molar-refractivity contribution is -0.328. The summed E-state index contributed by atoms with van der Waals surface area (Å²) >= 11 is 0. The number of carboxylic acid groups (broad SMARTS) is 1. The van der Waals surface area contributed by atoms with Crippen molar-refractivity contribution in [1.82, 2.24) is 0 Å². The monoisotopic (exact) mass is 582 g/mol. The molecule has 0 amide bonds. The van der Waals surface area contributed by atoms with Gasteiger partial charge in [0.05, 0.1) is 18.1 Å². The highest BCUT2D eigenvalue weighted by Gasteiger charge is 2.72. The van der Waals surface area contributed by atoms with Gasteiger partial charge in [0.2, 0.25) is 6.29 Å². The van der Waals surface area contributed by atoms with Gasteiger partial charge in [-0.1, -0.05) is 41.5 Å². The lowest BCUT2D eigenvalue weighted by Crippen LogP contribution is -2.69. The van der Waals surface area contributed by atoms with Crippen molar-refractivity contribution in [2.24, 2.45) is 56.2 Å². The molecule has 7 rings (SSSR count). The standard InChI is InChI=1S/C36H54O6/c1-31(2)15-17-36(30(38)39)18-16-34(5)23(24(36)19-31)8-10-27-32(3)13-12-28-33(4,26(32)11-14-35(27,34)6)21-40-29(42-28)25-9-7-22(20-37)41-25/h7,9,23-24,26-29,37H,8,10-21H2,1-6H3,(H,38,39)/t23-,24+,26-,27-,28+,29?,32+,33+,34-,35-,36+/m1/s1. The smallest absolute Gasteiger partial charge is 0.309 e. The Morgan fingerprint density at radius 1 is 0.833 bits per heavy atom. The first-order chi connectivity index (χ1) is 19.7. The first-order valence-electron chi connectivity index (χ1n) is 16.9. The summed E-state index contributed by atoms with van der Waals surface area (Å²) in [5.41, 5.74) is 0.262. The molecule has 42 heavy (non-hydrogen) atoms. The third-order valence-corrected chi connectivity index (χ3v) is 15.3. The molecule has 2 N–H and O–H groups in total. The average Bonchev–Trinajstić information content (AvgIpc) is 3.42. The molecule has 0 radical (unpaired) electrons. The van der Waals surface area contributed by atoms with Gasteiger partial charge in [-0.25, -0.2) is 0 Å². The Morgan fingerprint density at radius 2 is 1.60 bits per heavy atom. The fourth-order valence-electron chi connectivity index (χ4n) is 12.8. The number of carbonyl (C=O) groups is 1. The van der Waals surface area contributed by atoms with Crippen molar-refractivity contribution < 1.29 is 28.9 Å². The van der Waals surface area contributed by atoms with Crippen LogP contribution in [0.15, 0.2) is 16.5 Å². The number of aliphatic carboxylic acids is 1. The molecule has 11 atom stereocenters. The van der Waals surface area contributed by atoms with Crippen molar-refractivity contribution in [3.8, 4) is 0 Å². The number of aliphatic hydroxyl groups is 1. The van der Waals surface area contributed by atoms with Crippen LogP contribution < -0.4 is 0 Å². The Morgan fingerprint density at radius 3 is 2.31 bits per heavy atom. The Kier molecular flexibility index (Phi) is 6.52. The van der Waals surface area contributed by atoms with E-state index in [9.17, 15) is 15.0 Å². The second kappa shape index (κ2) is 9.33. The van der Waals surface area contributed by atoms with Gasteiger partial charge < -0.3 is 24.1 Å². The molecule has 1 unspecified atom stereocenters. The van der Waals surface area contributed by atoms with E-state index in [-0.39, 0.29) is 39.8 Å². The molecule has 6 fully saturated rings. The zero-order chi connectivity index (χ0) is 29.9. The second-order valence-electron chi connectivity index (χ2n) is 17.4. The van der Waals surface area contributed by atoms with Gasteiger partial charge in [0.1, 0.15) is 12.4 Å². The predicted octanol–water partition coefficient (Wildman–Crippen LogP) is 8.13. The van der Waals surface area contributed by atoms with E-state index in [1.807, 2.05) is 6.07 Å². The number of carboxylic acids is 1. The van der Waals surface area contributed by atoms with Crippen molar-refractivity contribution >= 4 is 5.97 Å². The molecule has 5 aliphatic carbocycles. The number of rotatable bonds is 3. The Labute approximate surface area is 252 Å². The van der Waals surface area contributed by atoms with E-state index in [1.165, 1.54) is 32.1 Å². The van der Waals surface area contributed by atoms with E-state index in [4.69, 9.17) is 13.9 Å². The van der Waals surface area contributed by atoms with Crippen LogP contribution in [0.1, 0.15) is 130 Å². The van der Waals surface area contributed by atoms with Crippen molar-refractivity contribution in [3.05, 3.63) is 23.7 Å². The number of hydrogen-bond acceptors (Lipinski definition) is 5. The number of ether oxygens (including phenoxy) is 2. The molecule has 1 aromatic rings. The van der Waals surface area contributed by atoms with Crippen LogP contribution in [0.25, 0.3) is 0 Å². The lowest BCUT2D eigenvalue weighted by atomic mass is 9.31. The molecule has 6 nitrogen and oxygen atoms in total. The molecule has 1 aliphatic heterocycles. The normalized spacial score (nSPS) is 51.3. The number of hydrogen-bond donors (Lipinski definition) is 2. The van der Waals surface area contributed by atoms with Crippen molar-refractivity contribution in [2.45, 2.75) is 131 Å². The minimum Gasteiger partial charge on any atom is -0.481 e. The maximum Gasteiger partial charge on any atom is 0.309 e. The molecule has 5 saturated carbocycles. The maximum absolute atomic E-state index is 13.0. The van der Waals surface area contributed by atoms with Crippen molar-refractivity contribution in [1.29, 1.82) is 0 Å². The number of furan rings is 1. The van der Waals surface area contributed by atoms with Crippen LogP contribution in [0.2, 0.25) is 0 Å². The van der Waals surface area contributed by atoms with Gasteiger partial charge in [0.15, 0.2) is 5.76 Å². The Balaban J connectivity index is 1.17. The van der Waals surface area contributed by atoms with Crippen molar-refractivity contribution in [2.75, 3.05) is 6.61 Å². The highest BCUT2D eigenvalue weighted by Crippen LogP contribution is 2.77. The van der Waals surface area contributed by atoms with E-state index < -0.39 is 17.7 Å². The summed E-state index contributed by atoms with van der Waals surface area (Å²) < 4.78 is 18.9. The predicted molar refractivity (Wildman–Crippen MR) is 159 cm³/mol. The Hall–Kier alpha value is -1.37. The Bertz CT molecular complexity index is 1240. The molecule has 1 saturated heterocycles. The summed E-state index contributed by atoms with van der Waals surface area (Å²) in [5, 5.41) is 20.1. The zero-order valence-corrected chi connectivity index (χ0v) is 26.8.